The topological polar surface area (TPSA) is 48.1 Å². The summed E-state index contributed by atoms with van der Waals surface area (Å²) in [6.45, 7) is 8.10. The van der Waals surface area contributed by atoms with Crippen LogP contribution in [0.3, 0.4) is 0 Å². The van der Waals surface area contributed by atoms with Crippen molar-refractivity contribution in [2.24, 2.45) is 0 Å². The van der Waals surface area contributed by atoms with E-state index in [9.17, 15) is 4.79 Å². The highest BCUT2D eigenvalue weighted by atomic mass is 16.2. The smallest absolute Gasteiger partial charge is 0.270 e. The first-order valence-corrected chi connectivity index (χ1v) is 7.57. The van der Waals surface area contributed by atoms with Crippen LogP contribution in [0.2, 0.25) is 0 Å². The van der Waals surface area contributed by atoms with Crippen molar-refractivity contribution in [3.63, 3.8) is 0 Å². The van der Waals surface area contributed by atoms with Gasteiger partial charge in [0.1, 0.15) is 5.69 Å². The number of nitrogens with zero attached hydrogens (tertiary/aromatic N) is 1. The monoisotopic (exact) mass is 285 g/mol. The van der Waals surface area contributed by atoms with Gasteiger partial charge < -0.3 is 15.2 Å². The molecule has 112 valence electrons. The first-order chi connectivity index (χ1) is 10.0. The molecule has 2 heterocycles. The molecule has 0 saturated carbocycles. The Labute approximate surface area is 125 Å². The molecule has 1 aliphatic rings. The van der Waals surface area contributed by atoms with E-state index in [0.717, 1.165) is 36.3 Å². The van der Waals surface area contributed by atoms with Gasteiger partial charge in [-0.3, -0.25) is 4.79 Å². The quantitative estimate of drug-likeness (QED) is 0.891. The standard InChI is InChI=1S/C17H23N3O/c1-10-5-6-11(2)15-14(10)12(3)16(19-15)17(21)20(4)13-7-8-18-9-13/h5-6,13,18-19H,7-9H2,1-4H3. The fourth-order valence-corrected chi connectivity index (χ4v) is 3.33. The van der Waals surface area contributed by atoms with Crippen LogP contribution in [0.15, 0.2) is 12.1 Å². The summed E-state index contributed by atoms with van der Waals surface area (Å²) in [7, 11) is 1.91. The molecule has 1 aliphatic heterocycles. The fraction of sp³-hybridized carbons (Fsp3) is 0.471. The first kappa shape index (κ1) is 14.1. The second-order valence-corrected chi connectivity index (χ2v) is 6.14. The molecule has 1 aromatic heterocycles. The minimum absolute atomic E-state index is 0.0937. The number of carbonyl (C=O) groups excluding carboxylic acids is 1. The van der Waals surface area contributed by atoms with Crippen LogP contribution >= 0.6 is 0 Å². The fourth-order valence-electron chi connectivity index (χ4n) is 3.33. The van der Waals surface area contributed by atoms with Gasteiger partial charge in [0.25, 0.3) is 5.91 Å². The lowest BCUT2D eigenvalue weighted by Crippen LogP contribution is -2.38. The Kier molecular flexibility index (Phi) is 3.49. The number of hydrogen-bond donors (Lipinski definition) is 2. The SMILES string of the molecule is Cc1ccc(C)c2c(C)c(C(=O)N(C)C3CCNC3)[nH]c12. The summed E-state index contributed by atoms with van der Waals surface area (Å²) in [5.41, 5.74) is 5.29. The Hall–Kier alpha value is -1.81. The number of fused-ring (bicyclic) bond motifs is 1. The molecule has 1 unspecified atom stereocenters. The molecule has 0 bridgehead atoms. The largest absolute Gasteiger partial charge is 0.350 e. The van der Waals surface area contributed by atoms with Gasteiger partial charge in [-0.15, -0.1) is 0 Å². The van der Waals surface area contributed by atoms with Gasteiger partial charge in [0.2, 0.25) is 0 Å². The average Bonchev–Trinajstić information content (AvgIpc) is 3.10. The van der Waals surface area contributed by atoms with Crippen LogP contribution in [-0.2, 0) is 0 Å². The van der Waals surface area contributed by atoms with E-state index in [-0.39, 0.29) is 5.91 Å². The highest BCUT2D eigenvalue weighted by Gasteiger charge is 2.26. The van der Waals surface area contributed by atoms with Crippen molar-refractivity contribution in [2.75, 3.05) is 20.1 Å². The average molecular weight is 285 g/mol. The van der Waals surface area contributed by atoms with E-state index in [1.165, 1.54) is 16.5 Å². The number of aromatic nitrogens is 1. The normalized spacial score (nSPS) is 18.4. The number of hydrogen-bond acceptors (Lipinski definition) is 2. The molecule has 2 N–H and O–H groups in total. The Bertz CT molecular complexity index is 696. The van der Waals surface area contributed by atoms with Crippen molar-refractivity contribution in [1.82, 2.24) is 15.2 Å². The van der Waals surface area contributed by atoms with Crippen molar-refractivity contribution in [2.45, 2.75) is 33.2 Å². The van der Waals surface area contributed by atoms with Crippen molar-refractivity contribution in [1.29, 1.82) is 0 Å². The number of benzene rings is 1. The predicted molar refractivity (Wildman–Crippen MR) is 85.9 cm³/mol. The number of H-pyrrole nitrogens is 1. The Morgan fingerprint density at radius 2 is 1.95 bits per heavy atom. The van der Waals surface area contributed by atoms with Gasteiger partial charge >= 0.3 is 0 Å². The second-order valence-electron chi connectivity index (χ2n) is 6.14. The van der Waals surface area contributed by atoms with Gasteiger partial charge in [0.15, 0.2) is 0 Å². The van der Waals surface area contributed by atoms with E-state index in [1.807, 2.05) is 18.9 Å². The van der Waals surface area contributed by atoms with Crippen LogP contribution in [0.1, 0.15) is 33.6 Å². The summed E-state index contributed by atoms with van der Waals surface area (Å²) < 4.78 is 0. The maximum Gasteiger partial charge on any atom is 0.270 e. The van der Waals surface area contributed by atoms with Crippen LogP contribution in [0.25, 0.3) is 10.9 Å². The number of likely N-dealkylation sites (N-methyl/N-ethyl adjacent to an activating group) is 1. The summed E-state index contributed by atoms with van der Waals surface area (Å²) >= 11 is 0. The number of amides is 1. The van der Waals surface area contributed by atoms with E-state index in [2.05, 4.69) is 36.3 Å². The molecule has 1 saturated heterocycles. The molecular weight excluding hydrogens is 262 g/mol. The molecule has 0 radical (unpaired) electrons. The van der Waals surface area contributed by atoms with Gasteiger partial charge in [-0.25, -0.2) is 0 Å². The van der Waals surface area contributed by atoms with Gasteiger partial charge in [-0.2, -0.15) is 0 Å². The molecule has 0 aliphatic carbocycles. The molecule has 1 aromatic carbocycles. The number of nitrogens with one attached hydrogen (secondary N) is 2. The summed E-state index contributed by atoms with van der Waals surface area (Å²) in [6, 6.07) is 4.52. The number of aromatic amines is 1. The van der Waals surface area contributed by atoms with E-state index in [1.54, 1.807) is 0 Å². The van der Waals surface area contributed by atoms with Crippen molar-refractivity contribution < 1.29 is 4.79 Å². The van der Waals surface area contributed by atoms with E-state index in [0.29, 0.717) is 6.04 Å². The van der Waals surface area contributed by atoms with Crippen LogP contribution in [0.5, 0.6) is 0 Å². The second kappa shape index (κ2) is 5.19. The highest BCUT2D eigenvalue weighted by Crippen LogP contribution is 2.28. The lowest BCUT2D eigenvalue weighted by atomic mass is 10.0. The molecule has 0 spiro atoms. The molecule has 21 heavy (non-hydrogen) atoms. The van der Waals surface area contributed by atoms with Gasteiger partial charge in [0, 0.05) is 30.5 Å². The molecule has 2 aromatic rings. The third-order valence-corrected chi connectivity index (χ3v) is 4.74. The van der Waals surface area contributed by atoms with Gasteiger partial charge in [-0.05, 0) is 50.4 Å². The number of aryl methyl sites for hydroxylation is 3. The van der Waals surface area contributed by atoms with Crippen molar-refractivity contribution in [3.05, 3.63) is 34.5 Å². The van der Waals surface area contributed by atoms with E-state index >= 15 is 0 Å². The number of carbonyl (C=O) groups is 1. The Morgan fingerprint density at radius 3 is 2.57 bits per heavy atom. The zero-order valence-electron chi connectivity index (χ0n) is 13.2. The van der Waals surface area contributed by atoms with Crippen LogP contribution in [0.4, 0.5) is 0 Å². The summed E-state index contributed by atoms with van der Waals surface area (Å²) in [5, 5.41) is 4.51. The molecular formula is C17H23N3O. The van der Waals surface area contributed by atoms with Crippen molar-refractivity contribution in [3.8, 4) is 0 Å². The predicted octanol–water partition coefficient (Wildman–Crippen LogP) is 2.53. The van der Waals surface area contributed by atoms with E-state index in [4.69, 9.17) is 0 Å². The van der Waals surface area contributed by atoms with Gasteiger partial charge in [-0.1, -0.05) is 12.1 Å². The van der Waals surface area contributed by atoms with Gasteiger partial charge in [0.05, 0.1) is 0 Å². The molecule has 3 rings (SSSR count). The number of rotatable bonds is 2. The van der Waals surface area contributed by atoms with Crippen LogP contribution < -0.4 is 5.32 Å². The molecule has 1 fully saturated rings. The summed E-state index contributed by atoms with van der Waals surface area (Å²) in [6.07, 6.45) is 1.03. The maximum atomic E-state index is 12.8. The minimum Gasteiger partial charge on any atom is -0.350 e. The first-order valence-electron chi connectivity index (χ1n) is 7.57. The van der Waals surface area contributed by atoms with Crippen molar-refractivity contribution >= 4 is 16.8 Å². The van der Waals surface area contributed by atoms with E-state index < -0.39 is 0 Å². The minimum atomic E-state index is 0.0937. The Morgan fingerprint density at radius 1 is 1.24 bits per heavy atom. The zero-order chi connectivity index (χ0) is 15.1. The zero-order valence-corrected chi connectivity index (χ0v) is 13.2. The molecule has 4 nitrogen and oxygen atoms in total. The third kappa shape index (κ3) is 2.23. The Balaban J connectivity index is 2.04. The molecule has 1 amide bonds. The summed E-state index contributed by atoms with van der Waals surface area (Å²) in [5.74, 6) is 0.0937. The third-order valence-electron chi connectivity index (χ3n) is 4.74. The summed E-state index contributed by atoms with van der Waals surface area (Å²) in [4.78, 5) is 18.1. The lowest BCUT2D eigenvalue weighted by molar-refractivity contribution is 0.0738. The van der Waals surface area contributed by atoms with Crippen LogP contribution in [0, 0.1) is 20.8 Å². The maximum absolute atomic E-state index is 12.8. The van der Waals surface area contributed by atoms with Crippen LogP contribution in [-0.4, -0.2) is 42.0 Å². The lowest BCUT2D eigenvalue weighted by Gasteiger charge is -2.23. The molecule has 4 heteroatoms. The highest BCUT2D eigenvalue weighted by molar-refractivity contribution is 6.02. The molecule has 1 atom stereocenters.